The average molecular weight is 446 g/mol. The van der Waals surface area contributed by atoms with Crippen molar-refractivity contribution in [1.29, 1.82) is 0 Å². The Morgan fingerprint density at radius 3 is 1.85 bits per heavy atom. The number of nitro groups is 1. The van der Waals surface area contributed by atoms with Crippen LogP contribution < -0.4 is 9.47 Å². The Morgan fingerprint density at radius 1 is 0.727 bits per heavy atom. The van der Waals surface area contributed by atoms with E-state index in [9.17, 15) is 14.9 Å². The van der Waals surface area contributed by atoms with E-state index in [4.69, 9.17) is 9.47 Å². The summed E-state index contributed by atoms with van der Waals surface area (Å²) in [6, 6.07) is 24.5. The fraction of sp³-hybridized carbons (Fsp3) is 0.222. The number of hydrogen-bond acceptors (Lipinski definition) is 5. The van der Waals surface area contributed by atoms with Gasteiger partial charge in [-0.05, 0) is 53.8 Å². The second kappa shape index (κ2) is 12.2. The van der Waals surface area contributed by atoms with Crippen LogP contribution in [0.4, 0.5) is 0 Å². The third-order valence-electron chi connectivity index (χ3n) is 5.08. The first-order valence-electron chi connectivity index (χ1n) is 10.9. The number of carbonyl (C=O) groups excluding carboxylic acids is 1. The summed E-state index contributed by atoms with van der Waals surface area (Å²) in [6.07, 6.45) is 2.76. The zero-order chi connectivity index (χ0) is 23.5. The highest BCUT2D eigenvalue weighted by atomic mass is 16.6. The molecule has 0 atom stereocenters. The zero-order valence-corrected chi connectivity index (χ0v) is 18.4. The van der Waals surface area contributed by atoms with Crippen LogP contribution in [0, 0.1) is 10.1 Å². The van der Waals surface area contributed by atoms with Gasteiger partial charge in [0, 0.05) is 24.2 Å². The van der Waals surface area contributed by atoms with Gasteiger partial charge in [-0.2, -0.15) is 0 Å². The van der Waals surface area contributed by atoms with E-state index in [0.29, 0.717) is 42.9 Å². The lowest BCUT2D eigenvalue weighted by atomic mass is 10.1. The molecule has 0 N–H and O–H groups in total. The second-order valence-corrected chi connectivity index (χ2v) is 7.69. The molecule has 33 heavy (non-hydrogen) atoms. The third-order valence-corrected chi connectivity index (χ3v) is 5.08. The standard InChI is InChI=1S/C27H27NO5/c1-21(32-25-14-11-24(12-15-25)19-20-28(30)31)7-8-23-9-16-26(17-10-23)33-27(29)18-13-22-5-3-2-4-6-22/h2-6,9-12,14-17H,1,7-8,13,18-20H2. The van der Waals surface area contributed by atoms with Gasteiger partial charge in [-0.1, -0.05) is 61.2 Å². The molecule has 0 unspecified atom stereocenters. The molecule has 0 saturated carbocycles. The SMILES string of the molecule is C=C(CCc1ccc(OC(=O)CCc2ccccc2)cc1)Oc1ccc(CC[N+](=O)[O-])cc1. The van der Waals surface area contributed by atoms with Crippen LogP contribution in [-0.2, 0) is 24.1 Å². The molecule has 3 rings (SSSR count). The maximum absolute atomic E-state index is 12.1. The molecule has 0 aliphatic rings. The zero-order valence-electron chi connectivity index (χ0n) is 18.4. The van der Waals surface area contributed by atoms with Crippen LogP contribution in [-0.4, -0.2) is 17.4 Å². The van der Waals surface area contributed by atoms with Crippen molar-refractivity contribution in [2.45, 2.75) is 32.1 Å². The summed E-state index contributed by atoms with van der Waals surface area (Å²) in [4.78, 5) is 22.2. The molecule has 0 saturated heterocycles. The minimum Gasteiger partial charge on any atom is -0.462 e. The Kier molecular flexibility index (Phi) is 8.77. The molecule has 6 heteroatoms. The fourth-order valence-electron chi connectivity index (χ4n) is 3.24. The van der Waals surface area contributed by atoms with E-state index in [-0.39, 0.29) is 17.4 Å². The van der Waals surface area contributed by atoms with Gasteiger partial charge in [0.05, 0.1) is 5.76 Å². The summed E-state index contributed by atoms with van der Waals surface area (Å²) in [7, 11) is 0. The molecule has 0 aliphatic heterocycles. The van der Waals surface area contributed by atoms with Crippen LogP contribution in [0.25, 0.3) is 0 Å². The van der Waals surface area contributed by atoms with E-state index >= 15 is 0 Å². The van der Waals surface area contributed by atoms with Crippen molar-refractivity contribution in [3.8, 4) is 11.5 Å². The minimum absolute atomic E-state index is 0.0847. The average Bonchev–Trinajstić information content (AvgIpc) is 2.82. The molecule has 0 bridgehead atoms. The number of rotatable bonds is 12. The number of ether oxygens (including phenoxy) is 2. The summed E-state index contributed by atoms with van der Waals surface area (Å²) >= 11 is 0. The third kappa shape index (κ3) is 8.61. The molecule has 170 valence electrons. The Labute approximate surface area is 193 Å². The normalized spacial score (nSPS) is 10.4. The van der Waals surface area contributed by atoms with Crippen molar-refractivity contribution in [2.75, 3.05) is 6.54 Å². The fourth-order valence-corrected chi connectivity index (χ4v) is 3.24. The van der Waals surface area contributed by atoms with Crippen molar-refractivity contribution < 1.29 is 19.2 Å². The number of aryl methyl sites for hydroxylation is 2. The number of carbonyl (C=O) groups is 1. The van der Waals surface area contributed by atoms with Gasteiger partial charge in [-0.25, -0.2) is 0 Å². The van der Waals surface area contributed by atoms with E-state index in [0.717, 1.165) is 23.1 Å². The smallest absolute Gasteiger partial charge is 0.311 e. The highest BCUT2D eigenvalue weighted by molar-refractivity contribution is 5.72. The van der Waals surface area contributed by atoms with Gasteiger partial charge in [0.2, 0.25) is 6.54 Å². The molecule has 0 amide bonds. The van der Waals surface area contributed by atoms with Gasteiger partial charge in [0.25, 0.3) is 0 Å². The summed E-state index contributed by atoms with van der Waals surface area (Å²) in [6.45, 7) is 3.88. The van der Waals surface area contributed by atoms with Gasteiger partial charge in [-0.3, -0.25) is 14.9 Å². The van der Waals surface area contributed by atoms with E-state index in [1.54, 1.807) is 24.3 Å². The van der Waals surface area contributed by atoms with E-state index in [1.165, 1.54) is 0 Å². The summed E-state index contributed by atoms with van der Waals surface area (Å²) in [5, 5.41) is 10.5. The molecule has 3 aromatic rings. The van der Waals surface area contributed by atoms with Crippen molar-refractivity contribution in [3.05, 3.63) is 118 Å². The Balaban J connectivity index is 1.39. The van der Waals surface area contributed by atoms with E-state index in [1.807, 2.05) is 54.6 Å². The lowest BCUT2D eigenvalue weighted by Crippen LogP contribution is -2.09. The highest BCUT2D eigenvalue weighted by Crippen LogP contribution is 2.19. The number of esters is 1. The van der Waals surface area contributed by atoms with Gasteiger partial charge in [0.1, 0.15) is 11.5 Å². The summed E-state index contributed by atoms with van der Waals surface area (Å²) < 4.78 is 11.2. The van der Waals surface area contributed by atoms with Crippen LogP contribution in [0.1, 0.15) is 29.5 Å². The molecule has 6 nitrogen and oxygen atoms in total. The Hall–Kier alpha value is -3.93. The van der Waals surface area contributed by atoms with Gasteiger partial charge in [-0.15, -0.1) is 0 Å². The lowest BCUT2D eigenvalue weighted by Gasteiger charge is -2.10. The molecule has 3 aromatic carbocycles. The summed E-state index contributed by atoms with van der Waals surface area (Å²) in [5.74, 6) is 1.56. The largest absolute Gasteiger partial charge is 0.462 e. The number of nitrogens with zero attached hydrogens (tertiary/aromatic N) is 1. The van der Waals surface area contributed by atoms with E-state index < -0.39 is 0 Å². The van der Waals surface area contributed by atoms with Crippen LogP contribution in [0.5, 0.6) is 11.5 Å². The van der Waals surface area contributed by atoms with Gasteiger partial charge < -0.3 is 9.47 Å². The molecule has 0 spiro atoms. The summed E-state index contributed by atoms with van der Waals surface area (Å²) in [5.41, 5.74) is 3.09. The number of benzene rings is 3. The van der Waals surface area contributed by atoms with Crippen LogP contribution in [0.2, 0.25) is 0 Å². The van der Waals surface area contributed by atoms with Crippen LogP contribution in [0.3, 0.4) is 0 Å². The predicted molar refractivity (Wildman–Crippen MR) is 127 cm³/mol. The Bertz CT molecular complexity index is 1060. The van der Waals surface area contributed by atoms with Gasteiger partial charge in [0.15, 0.2) is 0 Å². The molecule has 0 heterocycles. The maximum atomic E-state index is 12.1. The second-order valence-electron chi connectivity index (χ2n) is 7.69. The first kappa shape index (κ1) is 23.7. The molecular formula is C27H27NO5. The van der Waals surface area contributed by atoms with Crippen molar-refractivity contribution in [1.82, 2.24) is 0 Å². The first-order chi connectivity index (χ1) is 16.0. The van der Waals surface area contributed by atoms with E-state index in [2.05, 4.69) is 6.58 Å². The highest BCUT2D eigenvalue weighted by Gasteiger charge is 2.07. The molecule has 0 aliphatic carbocycles. The predicted octanol–water partition coefficient (Wildman–Crippen LogP) is 5.57. The van der Waals surface area contributed by atoms with Crippen LogP contribution >= 0.6 is 0 Å². The topological polar surface area (TPSA) is 78.7 Å². The number of allylic oxidation sites excluding steroid dienone is 1. The Morgan fingerprint density at radius 2 is 1.24 bits per heavy atom. The monoisotopic (exact) mass is 445 g/mol. The molecule has 0 aromatic heterocycles. The molecule has 0 radical (unpaired) electrons. The van der Waals surface area contributed by atoms with Crippen LogP contribution in [0.15, 0.2) is 91.2 Å². The maximum Gasteiger partial charge on any atom is 0.311 e. The molecular weight excluding hydrogens is 418 g/mol. The minimum atomic E-state index is -0.325. The lowest BCUT2D eigenvalue weighted by molar-refractivity contribution is -0.479. The van der Waals surface area contributed by atoms with Crippen molar-refractivity contribution in [3.63, 3.8) is 0 Å². The van der Waals surface area contributed by atoms with Crippen molar-refractivity contribution >= 4 is 5.97 Å². The van der Waals surface area contributed by atoms with Crippen molar-refractivity contribution in [2.24, 2.45) is 0 Å². The quantitative estimate of drug-likeness (QED) is 0.120. The number of hydrogen-bond donors (Lipinski definition) is 0. The van der Waals surface area contributed by atoms with Gasteiger partial charge >= 0.3 is 5.97 Å². The molecule has 0 fully saturated rings. The first-order valence-corrected chi connectivity index (χ1v) is 10.9.